The van der Waals surface area contributed by atoms with Gasteiger partial charge in [0, 0.05) is 59.0 Å². The summed E-state index contributed by atoms with van der Waals surface area (Å²) in [6.45, 7) is 3.28. The predicted molar refractivity (Wildman–Crippen MR) is 120 cm³/mol. The molecule has 1 amide bonds. The number of imidazole rings is 1. The molecule has 0 aliphatic heterocycles. The zero-order chi connectivity index (χ0) is 23.3. The maximum atomic E-state index is 12.5. The van der Waals surface area contributed by atoms with Gasteiger partial charge in [0.25, 0.3) is 12.3 Å². The van der Waals surface area contributed by atoms with Crippen molar-refractivity contribution in [2.24, 2.45) is 7.05 Å². The molecule has 0 saturated carbocycles. The Morgan fingerprint density at radius 3 is 2.73 bits per heavy atom. The monoisotopic (exact) mass is 449 g/mol. The first-order valence-electron chi connectivity index (χ1n) is 10.3. The van der Waals surface area contributed by atoms with Crippen LogP contribution in [0.2, 0.25) is 0 Å². The van der Waals surface area contributed by atoms with Crippen molar-refractivity contribution in [3.05, 3.63) is 60.1 Å². The van der Waals surface area contributed by atoms with Crippen LogP contribution in [0.1, 0.15) is 21.9 Å². The summed E-state index contributed by atoms with van der Waals surface area (Å²) < 4.78 is 28.5. The van der Waals surface area contributed by atoms with Crippen LogP contribution in [-0.4, -0.2) is 48.0 Å². The molecular weight excluding hydrogens is 428 g/mol. The van der Waals surface area contributed by atoms with Gasteiger partial charge in [0.15, 0.2) is 0 Å². The molecule has 0 aliphatic rings. The van der Waals surface area contributed by atoms with E-state index in [2.05, 4.69) is 31.4 Å². The van der Waals surface area contributed by atoms with Crippen LogP contribution in [-0.2, 0) is 7.05 Å². The Hall–Kier alpha value is -4.08. The Morgan fingerprint density at radius 2 is 2.00 bits per heavy atom. The highest BCUT2D eigenvalue weighted by atomic mass is 19.3. The van der Waals surface area contributed by atoms with Crippen molar-refractivity contribution in [2.75, 3.05) is 6.54 Å². The minimum atomic E-state index is -2.62. The Bertz CT molecular complexity index is 1510. The van der Waals surface area contributed by atoms with Gasteiger partial charge >= 0.3 is 0 Å². The maximum Gasteiger partial charge on any atom is 0.270 e. The molecule has 5 aromatic rings. The zero-order valence-corrected chi connectivity index (χ0v) is 18.2. The number of nitrogens with one attached hydrogen (secondary N) is 2. The number of alkyl halides is 2. The molecule has 0 saturated heterocycles. The van der Waals surface area contributed by atoms with Gasteiger partial charge in [-0.2, -0.15) is 5.10 Å². The van der Waals surface area contributed by atoms with Gasteiger partial charge in [-0.3, -0.25) is 13.9 Å². The van der Waals surface area contributed by atoms with Crippen LogP contribution >= 0.6 is 0 Å². The molecule has 0 atom stereocenters. The molecule has 2 N–H and O–H groups in total. The number of pyridine rings is 2. The molecule has 0 aliphatic carbocycles. The van der Waals surface area contributed by atoms with Gasteiger partial charge in [-0.1, -0.05) is 0 Å². The van der Waals surface area contributed by atoms with Gasteiger partial charge in [-0.05, 0) is 32.0 Å². The third-order valence-corrected chi connectivity index (χ3v) is 5.79. The number of carbonyl (C=O) groups is 1. The first-order valence-corrected chi connectivity index (χ1v) is 10.3. The molecule has 0 unspecified atom stereocenters. The summed E-state index contributed by atoms with van der Waals surface area (Å²) in [5.74, 6) is -0.606. The van der Waals surface area contributed by atoms with E-state index in [0.717, 1.165) is 44.7 Å². The molecule has 5 rings (SSSR count). The molecule has 0 spiro atoms. The van der Waals surface area contributed by atoms with Crippen LogP contribution in [0.5, 0.6) is 0 Å². The predicted octanol–water partition coefficient (Wildman–Crippen LogP) is 3.89. The lowest BCUT2D eigenvalue weighted by Gasteiger charge is -2.07. The smallest absolute Gasteiger partial charge is 0.270 e. The molecule has 33 heavy (non-hydrogen) atoms. The van der Waals surface area contributed by atoms with Gasteiger partial charge in [-0.25, -0.2) is 18.7 Å². The van der Waals surface area contributed by atoms with Crippen molar-refractivity contribution in [3.63, 3.8) is 0 Å². The third kappa shape index (κ3) is 3.53. The van der Waals surface area contributed by atoms with E-state index in [-0.39, 0.29) is 5.69 Å². The van der Waals surface area contributed by atoms with E-state index < -0.39 is 18.9 Å². The van der Waals surface area contributed by atoms with E-state index in [1.54, 1.807) is 16.7 Å². The summed E-state index contributed by atoms with van der Waals surface area (Å²) in [7, 11) is 1.91. The Balaban J connectivity index is 1.59. The number of aromatic nitrogens is 6. The van der Waals surface area contributed by atoms with Crippen LogP contribution in [0, 0.1) is 13.8 Å². The maximum absolute atomic E-state index is 12.5. The molecule has 0 radical (unpaired) electrons. The summed E-state index contributed by atoms with van der Waals surface area (Å²) in [5.41, 5.74) is 7.16. The van der Waals surface area contributed by atoms with E-state index in [0.29, 0.717) is 5.65 Å². The number of halogens is 2. The zero-order valence-electron chi connectivity index (χ0n) is 18.2. The van der Waals surface area contributed by atoms with Crippen molar-refractivity contribution in [3.8, 4) is 22.3 Å². The van der Waals surface area contributed by atoms with E-state index in [4.69, 9.17) is 0 Å². The van der Waals surface area contributed by atoms with Gasteiger partial charge in [0.2, 0.25) is 0 Å². The first-order chi connectivity index (χ1) is 15.8. The fourth-order valence-electron chi connectivity index (χ4n) is 4.14. The number of hydrogen-bond acceptors (Lipinski definition) is 4. The number of rotatable bonds is 5. The minimum absolute atomic E-state index is 0.188. The number of fused-ring (bicyclic) bond motifs is 2. The number of hydrogen-bond donors (Lipinski definition) is 2. The van der Waals surface area contributed by atoms with Gasteiger partial charge in [0.05, 0.1) is 18.4 Å². The van der Waals surface area contributed by atoms with Gasteiger partial charge < -0.3 is 10.3 Å². The van der Waals surface area contributed by atoms with Crippen LogP contribution in [0.3, 0.4) is 0 Å². The second-order valence-electron chi connectivity index (χ2n) is 7.88. The molecule has 0 fully saturated rings. The Morgan fingerprint density at radius 1 is 1.18 bits per heavy atom. The first kappa shape index (κ1) is 20.8. The molecule has 8 nitrogen and oxygen atoms in total. The van der Waals surface area contributed by atoms with E-state index in [1.807, 2.05) is 44.0 Å². The fourth-order valence-corrected chi connectivity index (χ4v) is 4.14. The van der Waals surface area contributed by atoms with E-state index in [9.17, 15) is 13.6 Å². The summed E-state index contributed by atoms with van der Waals surface area (Å²) in [6.07, 6.45) is 4.21. The van der Waals surface area contributed by atoms with E-state index >= 15 is 0 Å². The number of carbonyl (C=O) groups excluding carboxylic acids is 1. The molecule has 0 bridgehead atoms. The number of nitrogens with zero attached hydrogens (tertiary/aromatic N) is 5. The van der Waals surface area contributed by atoms with Crippen molar-refractivity contribution in [1.82, 2.24) is 34.4 Å². The number of amides is 1. The summed E-state index contributed by atoms with van der Waals surface area (Å²) in [6, 6.07) is 5.75. The summed E-state index contributed by atoms with van der Waals surface area (Å²) >= 11 is 0. The molecule has 5 heterocycles. The largest absolute Gasteiger partial charge is 0.346 e. The lowest BCUT2D eigenvalue weighted by Crippen LogP contribution is -2.29. The second kappa shape index (κ2) is 7.80. The SMILES string of the molecule is Cc1nn(C)c(C)c1-c1cnc2[nH]cc(-c3ccc4ncc(C(=O)NCC(F)F)n4c3)c2c1. The van der Waals surface area contributed by atoms with E-state index in [1.165, 1.54) is 6.20 Å². The van der Waals surface area contributed by atoms with Crippen molar-refractivity contribution in [1.29, 1.82) is 0 Å². The van der Waals surface area contributed by atoms with Crippen LogP contribution in [0.4, 0.5) is 8.78 Å². The van der Waals surface area contributed by atoms with Gasteiger partial charge in [-0.15, -0.1) is 0 Å². The Kier molecular flexibility index (Phi) is 4.92. The highest BCUT2D eigenvalue weighted by Gasteiger charge is 2.17. The minimum Gasteiger partial charge on any atom is -0.346 e. The molecule has 5 aromatic heterocycles. The average molecular weight is 449 g/mol. The molecule has 0 aromatic carbocycles. The van der Waals surface area contributed by atoms with Crippen molar-refractivity contribution < 1.29 is 13.6 Å². The molecular formula is C23H21F2N7O. The topological polar surface area (TPSA) is 92.9 Å². The standard InChI is InChI=1S/C23H21F2N7O/c1-12-21(13(2)31(3)30-12)15-6-16-17(8-28-22(16)27-7-15)14-4-5-20-26-9-18(32(20)11-14)23(33)29-10-19(24)25/h4-9,11,19H,10H2,1-3H3,(H,27,28)(H,29,33). The van der Waals surface area contributed by atoms with Crippen LogP contribution < -0.4 is 5.32 Å². The number of H-pyrrole nitrogens is 1. The lowest BCUT2D eigenvalue weighted by molar-refractivity contribution is 0.0886. The Labute approximate surface area is 187 Å². The summed E-state index contributed by atoms with van der Waals surface area (Å²) in [5, 5.41) is 7.64. The quantitative estimate of drug-likeness (QED) is 0.426. The summed E-state index contributed by atoms with van der Waals surface area (Å²) in [4.78, 5) is 24.4. The van der Waals surface area contributed by atoms with Gasteiger partial charge in [0.1, 0.15) is 17.0 Å². The van der Waals surface area contributed by atoms with Crippen molar-refractivity contribution in [2.45, 2.75) is 20.3 Å². The average Bonchev–Trinajstić information content (AvgIpc) is 3.46. The molecule has 10 heteroatoms. The molecule has 168 valence electrons. The lowest BCUT2D eigenvalue weighted by atomic mass is 10.0. The third-order valence-electron chi connectivity index (χ3n) is 5.79. The van der Waals surface area contributed by atoms with Crippen LogP contribution in [0.15, 0.2) is 43.0 Å². The van der Waals surface area contributed by atoms with Crippen molar-refractivity contribution >= 4 is 22.6 Å². The fraction of sp³-hybridized carbons (Fsp3) is 0.217. The highest BCUT2D eigenvalue weighted by Crippen LogP contribution is 2.33. The highest BCUT2D eigenvalue weighted by molar-refractivity contribution is 5.97. The number of aromatic amines is 1. The van der Waals surface area contributed by atoms with Crippen LogP contribution in [0.25, 0.3) is 38.9 Å². The second-order valence-corrected chi connectivity index (χ2v) is 7.88. The number of aryl methyl sites for hydroxylation is 2. The normalized spacial score (nSPS) is 11.7.